The van der Waals surface area contributed by atoms with Gasteiger partial charge in [-0.05, 0) is 45.2 Å². The minimum atomic E-state index is 0.832. The van der Waals surface area contributed by atoms with Crippen molar-refractivity contribution < 1.29 is 0 Å². The van der Waals surface area contributed by atoms with E-state index in [9.17, 15) is 0 Å². The Bertz CT molecular complexity index is 447. The van der Waals surface area contributed by atoms with Crippen molar-refractivity contribution in [1.29, 1.82) is 0 Å². The number of anilines is 1. The van der Waals surface area contributed by atoms with Gasteiger partial charge in [0, 0.05) is 43.3 Å². The Labute approximate surface area is 132 Å². The first kappa shape index (κ1) is 15.3. The van der Waals surface area contributed by atoms with Gasteiger partial charge in [-0.1, -0.05) is 6.92 Å². The predicted octanol–water partition coefficient (Wildman–Crippen LogP) is 2.88. The molecule has 0 saturated carbocycles. The van der Waals surface area contributed by atoms with E-state index in [-0.39, 0.29) is 0 Å². The second-order valence-corrected chi connectivity index (χ2v) is 7.65. The summed E-state index contributed by atoms with van der Waals surface area (Å²) < 4.78 is 0. The van der Waals surface area contributed by atoms with E-state index in [1.807, 2.05) is 11.3 Å². The summed E-state index contributed by atoms with van der Waals surface area (Å²) in [5.41, 5.74) is 0. The van der Waals surface area contributed by atoms with E-state index in [0.29, 0.717) is 0 Å². The number of fused-ring (bicyclic) bond motifs is 1. The summed E-state index contributed by atoms with van der Waals surface area (Å²) in [5, 5.41) is 4.47. The maximum Gasteiger partial charge on any atom is 0.182 e. The first-order valence-corrected chi connectivity index (χ1v) is 9.19. The Hall–Kier alpha value is -0.650. The number of piperidine rings is 2. The molecular weight excluding hydrogens is 280 g/mol. The number of hydrogen-bond acceptors (Lipinski definition) is 5. The molecule has 3 heterocycles. The smallest absolute Gasteiger partial charge is 0.182 e. The van der Waals surface area contributed by atoms with Crippen molar-refractivity contribution >= 4 is 16.5 Å². The van der Waals surface area contributed by atoms with E-state index in [1.54, 1.807) is 0 Å². The molecule has 0 aromatic carbocycles. The lowest BCUT2D eigenvalue weighted by molar-refractivity contribution is 0.0358. The van der Waals surface area contributed by atoms with Gasteiger partial charge < -0.3 is 10.2 Å². The number of nitrogens with zero attached hydrogens (tertiary/aromatic N) is 3. The zero-order valence-electron chi connectivity index (χ0n) is 13.3. The second-order valence-electron chi connectivity index (χ2n) is 6.53. The molecule has 0 bridgehead atoms. The molecule has 2 saturated heterocycles. The number of aromatic nitrogens is 1. The molecule has 2 fully saturated rings. The first-order valence-electron chi connectivity index (χ1n) is 8.37. The monoisotopic (exact) mass is 308 g/mol. The van der Waals surface area contributed by atoms with E-state index < -0.39 is 0 Å². The van der Waals surface area contributed by atoms with Crippen molar-refractivity contribution in [2.75, 3.05) is 38.5 Å². The Morgan fingerprint density at radius 3 is 3.14 bits per heavy atom. The second kappa shape index (κ2) is 7.07. The Morgan fingerprint density at radius 2 is 2.29 bits per heavy atom. The van der Waals surface area contributed by atoms with E-state index in [0.717, 1.165) is 36.6 Å². The fourth-order valence-electron chi connectivity index (χ4n) is 3.79. The largest absolute Gasteiger partial charge is 0.362 e. The molecule has 2 aliphatic heterocycles. The Kier molecular flexibility index (Phi) is 5.14. The molecule has 2 unspecified atom stereocenters. The molecule has 2 atom stereocenters. The van der Waals surface area contributed by atoms with Crippen LogP contribution in [-0.4, -0.2) is 54.1 Å². The Morgan fingerprint density at radius 1 is 1.38 bits per heavy atom. The summed E-state index contributed by atoms with van der Waals surface area (Å²) in [5.74, 6) is 0.878. The molecule has 0 aliphatic carbocycles. The summed E-state index contributed by atoms with van der Waals surface area (Å²) in [6.07, 6.45) is 7.33. The number of hydrogen-bond donors (Lipinski definition) is 1. The average Bonchev–Trinajstić information content (AvgIpc) is 2.93. The maximum atomic E-state index is 4.49. The third kappa shape index (κ3) is 3.76. The molecule has 1 aromatic heterocycles. The van der Waals surface area contributed by atoms with Crippen LogP contribution in [0.25, 0.3) is 0 Å². The summed E-state index contributed by atoms with van der Waals surface area (Å²) >= 11 is 1.82. The number of nitrogens with one attached hydrogen (secondary N) is 1. The van der Waals surface area contributed by atoms with Crippen LogP contribution in [0.2, 0.25) is 0 Å². The highest BCUT2D eigenvalue weighted by molar-refractivity contribution is 7.15. The molecule has 0 amide bonds. The van der Waals surface area contributed by atoms with Gasteiger partial charge in [-0.15, -0.1) is 11.3 Å². The first-order chi connectivity index (χ1) is 10.3. The zero-order valence-corrected chi connectivity index (χ0v) is 14.2. The van der Waals surface area contributed by atoms with Crippen molar-refractivity contribution in [3.05, 3.63) is 11.1 Å². The van der Waals surface area contributed by atoms with Crippen molar-refractivity contribution in [1.82, 2.24) is 14.8 Å². The third-order valence-electron chi connectivity index (χ3n) is 4.89. The molecular formula is C16H28N4S. The van der Waals surface area contributed by atoms with Crippen LogP contribution in [0.5, 0.6) is 0 Å². The van der Waals surface area contributed by atoms with Crippen molar-refractivity contribution in [2.45, 2.75) is 45.2 Å². The highest BCUT2D eigenvalue weighted by Gasteiger charge is 2.34. The molecule has 4 nitrogen and oxygen atoms in total. The lowest BCUT2D eigenvalue weighted by Gasteiger charge is -2.45. The van der Waals surface area contributed by atoms with Crippen LogP contribution in [0.4, 0.5) is 5.13 Å². The number of likely N-dealkylation sites (tertiary alicyclic amines) is 2. The van der Waals surface area contributed by atoms with Crippen LogP contribution >= 0.6 is 11.3 Å². The van der Waals surface area contributed by atoms with E-state index in [1.165, 1.54) is 43.8 Å². The van der Waals surface area contributed by atoms with Crippen LogP contribution in [0, 0.1) is 5.92 Å². The normalized spacial score (nSPS) is 27.5. The van der Waals surface area contributed by atoms with Gasteiger partial charge in [0.05, 0.1) is 0 Å². The SMILES string of the molecule is CCCNc1ncc(CN2CCC3C(CCCN3C)C2)s1. The number of thiazole rings is 1. The standard InChI is InChI=1S/C16H28N4S/c1-3-7-17-16-18-10-14(21-16)12-20-9-6-15-13(11-20)5-4-8-19(15)2/h10,13,15H,3-9,11-12H2,1-2H3,(H,17,18). The molecule has 3 rings (SSSR count). The fraction of sp³-hybridized carbons (Fsp3) is 0.812. The lowest BCUT2D eigenvalue weighted by atomic mass is 9.84. The van der Waals surface area contributed by atoms with Gasteiger partial charge in [0.1, 0.15) is 0 Å². The molecule has 118 valence electrons. The van der Waals surface area contributed by atoms with Crippen LogP contribution < -0.4 is 5.32 Å². The van der Waals surface area contributed by atoms with Gasteiger partial charge in [-0.2, -0.15) is 0 Å². The van der Waals surface area contributed by atoms with Gasteiger partial charge in [0.25, 0.3) is 0 Å². The maximum absolute atomic E-state index is 4.49. The molecule has 0 radical (unpaired) electrons. The zero-order chi connectivity index (χ0) is 14.7. The third-order valence-corrected chi connectivity index (χ3v) is 5.83. The molecule has 2 aliphatic rings. The van der Waals surface area contributed by atoms with Crippen LogP contribution in [0.3, 0.4) is 0 Å². The average molecular weight is 308 g/mol. The van der Waals surface area contributed by atoms with Crippen LogP contribution in [-0.2, 0) is 6.54 Å². The topological polar surface area (TPSA) is 31.4 Å². The fourth-order valence-corrected chi connectivity index (χ4v) is 4.67. The van der Waals surface area contributed by atoms with Crippen molar-refractivity contribution in [3.8, 4) is 0 Å². The summed E-state index contributed by atoms with van der Waals surface area (Å²) in [6, 6.07) is 0.832. The van der Waals surface area contributed by atoms with Gasteiger partial charge in [0.2, 0.25) is 0 Å². The van der Waals surface area contributed by atoms with E-state index >= 15 is 0 Å². The highest BCUT2D eigenvalue weighted by atomic mass is 32.1. The van der Waals surface area contributed by atoms with E-state index in [2.05, 4.69) is 40.3 Å². The molecule has 1 N–H and O–H groups in total. The Balaban J connectivity index is 1.53. The quantitative estimate of drug-likeness (QED) is 0.906. The van der Waals surface area contributed by atoms with Crippen LogP contribution in [0.1, 0.15) is 37.5 Å². The summed E-state index contributed by atoms with van der Waals surface area (Å²) in [4.78, 5) is 11.1. The van der Waals surface area contributed by atoms with Gasteiger partial charge >= 0.3 is 0 Å². The minimum Gasteiger partial charge on any atom is -0.362 e. The number of rotatable bonds is 5. The molecule has 5 heteroatoms. The van der Waals surface area contributed by atoms with Gasteiger partial charge in [-0.25, -0.2) is 4.98 Å². The van der Waals surface area contributed by atoms with Crippen LogP contribution in [0.15, 0.2) is 6.20 Å². The predicted molar refractivity (Wildman–Crippen MR) is 89.9 cm³/mol. The summed E-state index contributed by atoms with van der Waals surface area (Å²) in [6.45, 7) is 8.09. The molecule has 1 aromatic rings. The molecule has 21 heavy (non-hydrogen) atoms. The minimum absolute atomic E-state index is 0.832. The molecule has 0 spiro atoms. The summed E-state index contributed by atoms with van der Waals surface area (Å²) in [7, 11) is 2.31. The van der Waals surface area contributed by atoms with E-state index in [4.69, 9.17) is 0 Å². The highest BCUT2D eigenvalue weighted by Crippen LogP contribution is 2.31. The lowest BCUT2D eigenvalue weighted by Crippen LogP contribution is -2.52. The van der Waals surface area contributed by atoms with Crippen molar-refractivity contribution in [3.63, 3.8) is 0 Å². The van der Waals surface area contributed by atoms with Crippen molar-refractivity contribution in [2.24, 2.45) is 5.92 Å². The van der Waals surface area contributed by atoms with Gasteiger partial charge in [0.15, 0.2) is 5.13 Å². The van der Waals surface area contributed by atoms with Gasteiger partial charge in [-0.3, -0.25) is 4.90 Å².